The Morgan fingerprint density at radius 2 is 1.67 bits per heavy atom. The number of hydrogen-bond acceptors (Lipinski definition) is 6. The van der Waals surface area contributed by atoms with E-state index in [1.165, 1.54) is 25.6 Å². The summed E-state index contributed by atoms with van der Waals surface area (Å²) in [5.41, 5.74) is 6.25. The lowest BCUT2D eigenvalue weighted by molar-refractivity contribution is -0.137. The molecule has 0 saturated heterocycles. The van der Waals surface area contributed by atoms with Gasteiger partial charge in [0.05, 0.1) is 16.6 Å². The van der Waals surface area contributed by atoms with Crippen LogP contribution in [-0.4, -0.2) is 37.5 Å². The fourth-order valence-corrected chi connectivity index (χ4v) is 3.39. The number of alkyl halides is 3. The number of nitrogens with zero attached hydrogens (tertiary/aromatic N) is 4. The Bertz CT molecular complexity index is 1440. The lowest BCUT2D eigenvalue weighted by Crippen LogP contribution is -2.32. The van der Waals surface area contributed by atoms with Crippen LogP contribution in [0.15, 0.2) is 55.1 Å². The fraction of sp³-hybridized carbons (Fsp3) is 0.136. The van der Waals surface area contributed by atoms with Crippen LogP contribution in [0.5, 0.6) is 0 Å². The van der Waals surface area contributed by atoms with Gasteiger partial charge in [-0.2, -0.15) is 13.2 Å². The van der Waals surface area contributed by atoms with Crippen LogP contribution in [0.2, 0.25) is 5.02 Å². The second-order valence-electron chi connectivity index (χ2n) is 7.61. The predicted octanol–water partition coefficient (Wildman–Crippen LogP) is 4.42. The van der Waals surface area contributed by atoms with Gasteiger partial charge in [0.15, 0.2) is 17.0 Å². The van der Waals surface area contributed by atoms with Gasteiger partial charge in [-0.05, 0) is 49.4 Å². The Labute approximate surface area is 206 Å². The van der Waals surface area contributed by atoms with Crippen molar-refractivity contribution < 1.29 is 22.8 Å². The highest BCUT2D eigenvalue weighted by atomic mass is 35.5. The number of benzene rings is 2. The summed E-state index contributed by atoms with van der Waals surface area (Å²) in [6, 6.07) is 8.11. The highest BCUT2D eigenvalue weighted by Gasteiger charge is 2.33. The van der Waals surface area contributed by atoms with Gasteiger partial charge in [0.25, 0.3) is 0 Å². The number of nitrogens with one attached hydrogen (secondary N) is 3. The van der Waals surface area contributed by atoms with E-state index in [4.69, 9.17) is 17.3 Å². The van der Waals surface area contributed by atoms with Crippen LogP contribution in [0, 0.1) is 0 Å². The van der Waals surface area contributed by atoms with Crippen LogP contribution in [0.3, 0.4) is 0 Å². The average molecular weight is 519 g/mol. The SMILES string of the molecule is C[C@H](N)C(=O)Nc1ncnc2c1ncn2-c1ccc(NC(=O)Nc2ccc(Cl)c(C(F)(F)F)c2)cc1. The molecule has 0 fully saturated rings. The van der Waals surface area contributed by atoms with Gasteiger partial charge in [-0.3, -0.25) is 9.36 Å². The number of halogens is 4. The number of imidazole rings is 1. The quantitative estimate of drug-likeness (QED) is 0.308. The molecule has 0 aliphatic heterocycles. The normalized spacial score (nSPS) is 12.3. The third-order valence-corrected chi connectivity index (χ3v) is 5.25. The van der Waals surface area contributed by atoms with Crippen LogP contribution >= 0.6 is 11.6 Å². The number of carbonyl (C=O) groups is 2. The Balaban J connectivity index is 1.48. The van der Waals surface area contributed by atoms with Crippen molar-refractivity contribution in [1.82, 2.24) is 19.5 Å². The number of nitrogens with two attached hydrogens (primary N) is 1. The topological polar surface area (TPSA) is 140 Å². The first-order chi connectivity index (χ1) is 17.0. The summed E-state index contributed by atoms with van der Waals surface area (Å²) in [7, 11) is 0. The molecule has 0 aliphatic carbocycles. The number of rotatable bonds is 5. The van der Waals surface area contributed by atoms with Gasteiger partial charge in [0.1, 0.15) is 12.7 Å². The van der Waals surface area contributed by atoms with Gasteiger partial charge in [0.2, 0.25) is 5.91 Å². The van der Waals surface area contributed by atoms with E-state index in [1.54, 1.807) is 28.8 Å². The van der Waals surface area contributed by atoms with E-state index >= 15 is 0 Å². The first kappa shape index (κ1) is 24.9. The zero-order chi connectivity index (χ0) is 26.0. The molecule has 4 aromatic rings. The third kappa shape index (κ3) is 5.37. The number of anilines is 3. The first-order valence-electron chi connectivity index (χ1n) is 10.3. The zero-order valence-corrected chi connectivity index (χ0v) is 19.2. The molecule has 5 N–H and O–H groups in total. The van der Waals surface area contributed by atoms with Gasteiger partial charge >= 0.3 is 12.2 Å². The minimum Gasteiger partial charge on any atom is -0.320 e. The lowest BCUT2D eigenvalue weighted by Gasteiger charge is -2.12. The van der Waals surface area contributed by atoms with Crippen molar-refractivity contribution in [3.63, 3.8) is 0 Å². The maximum Gasteiger partial charge on any atom is 0.417 e. The molecule has 1 atom stereocenters. The molecule has 2 heterocycles. The number of carbonyl (C=O) groups excluding carboxylic acids is 2. The molecule has 0 spiro atoms. The molecular formula is C22H18ClF3N8O2. The molecule has 14 heteroatoms. The summed E-state index contributed by atoms with van der Waals surface area (Å²) in [5, 5.41) is 7.01. The van der Waals surface area contributed by atoms with E-state index in [0.717, 1.165) is 12.1 Å². The van der Waals surface area contributed by atoms with Crippen molar-refractivity contribution in [3.8, 4) is 5.69 Å². The molecule has 186 valence electrons. The summed E-state index contributed by atoms with van der Waals surface area (Å²) < 4.78 is 40.7. The van der Waals surface area contributed by atoms with E-state index in [-0.39, 0.29) is 11.5 Å². The monoisotopic (exact) mass is 518 g/mol. The Kier molecular flexibility index (Phi) is 6.77. The van der Waals surface area contributed by atoms with Gasteiger partial charge in [-0.1, -0.05) is 11.6 Å². The largest absolute Gasteiger partial charge is 0.417 e. The van der Waals surface area contributed by atoms with Gasteiger partial charge < -0.3 is 21.7 Å². The number of aromatic nitrogens is 4. The van der Waals surface area contributed by atoms with Gasteiger partial charge in [-0.25, -0.2) is 19.7 Å². The summed E-state index contributed by atoms with van der Waals surface area (Å²) in [6.07, 6.45) is -1.88. The maximum absolute atomic E-state index is 13.0. The van der Waals surface area contributed by atoms with Crippen LogP contribution in [-0.2, 0) is 11.0 Å². The molecule has 36 heavy (non-hydrogen) atoms. The molecule has 10 nitrogen and oxygen atoms in total. The number of amides is 3. The number of hydrogen-bond donors (Lipinski definition) is 4. The predicted molar refractivity (Wildman–Crippen MR) is 128 cm³/mol. The van der Waals surface area contributed by atoms with Crippen LogP contribution in [0.4, 0.5) is 35.2 Å². The molecule has 2 aromatic carbocycles. The molecule has 3 amide bonds. The highest BCUT2D eigenvalue weighted by molar-refractivity contribution is 6.31. The van der Waals surface area contributed by atoms with E-state index in [9.17, 15) is 22.8 Å². The molecule has 0 radical (unpaired) electrons. The van der Waals surface area contributed by atoms with E-state index in [0.29, 0.717) is 22.5 Å². The summed E-state index contributed by atoms with van der Waals surface area (Å²) in [6.45, 7) is 1.54. The van der Waals surface area contributed by atoms with Gasteiger partial charge in [0, 0.05) is 17.1 Å². The number of fused-ring (bicyclic) bond motifs is 1. The van der Waals surface area contributed by atoms with E-state index < -0.39 is 34.7 Å². The molecule has 0 saturated carbocycles. The summed E-state index contributed by atoms with van der Waals surface area (Å²) >= 11 is 5.60. The molecule has 0 unspecified atom stereocenters. The Morgan fingerprint density at radius 1 is 1.00 bits per heavy atom. The standard InChI is InChI=1S/C22H18ClF3N8O2/c1-11(27)20(35)33-18-17-19(29-9-28-18)34(10-30-17)14-5-2-12(3-6-14)31-21(36)32-13-4-7-16(23)15(8-13)22(24,25)26/h2-11H,27H2,1H3,(H2,31,32,36)(H,28,29,33,35)/t11-/m0/s1. The van der Waals surface area contributed by atoms with Crippen LogP contribution in [0.25, 0.3) is 16.9 Å². The van der Waals surface area contributed by atoms with Crippen LogP contribution < -0.4 is 21.7 Å². The van der Waals surface area contributed by atoms with E-state index in [2.05, 4.69) is 30.9 Å². The number of urea groups is 1. The minimum absolute atomic E-state index is 0.0719. The second-order valence-corrected chi connectivity index (χ2v) is 8.01. The van der Waals surface area contributed by atoms with Crippen LogP contribution in [0.1, 0.15) is 12.5 Å². The van der Waals surface area contributed by atoms with Crippen molar-refractivity contribution in [2.75, 3.05) is 16.0 Å². The molecule has 2 aromatic heterocycles. The maximum atomic E-state index is 13.0. The second kappa shape index (κ2) is 9.79. The molecule has 0 bridgehead atoms. The minimum atomic E-state index is -4.65. The fourth-order valence-electron chi connectivity index (χ4n) is 3.16. The summed E-state index contributed by atoms with van der Waals surface area (Å²) in [5.74, 6) is -0.210. The van der Waals surface area contributed by atoms with Crippen molar-refractivity contribution >= 4 is 51.9 Å². The van der Waals surface area contributed by atoms with Crippen molar-refractivity contribution in [1.29, 1.82) is 0 Å². The third-order valence-electron chi connectivity index (χ3n) is 4.92. The highest BCUT2D eigenvalue weighted by Crippen LogP contribution is 2.36. The first-order valence-corrected chi connectivity index (χ1v) is 10.7. The zero-order valence-electron chi connectivity index (χ0n) is 18.5. The smallest absolute Gasteiger partial charge is 0.320 e. The van der Waals surface area contributed by atoms with Crippen molar-refractivity contribution in [2.45, 2.75) is 19.1 Å². The van der Waals surface area contributed by atoms with Crippen molar-refractivity contribution in [2.24, 2.45) is 5.73 Å². The summed E-state index contributed by atoms with van der Waals surface area (Å²) in [4.78, 5) is 36.7. The Morgan fingerprint density at radius 3 is 2.33 bits per heavy atom. The average Bonchev–Trinajstić information content (AvgIpc) is 3.25. The van der Waals surface area contributed by atoms with E-state index in [1.807, 2.05) is 0 Å². The van der Waals surface area contributed by atoms with Crippen molar-refractivity contribution in [3.05, 3.63) is 65.7 Å². The Hall–Kier alpha value is -4.23. The molecule has 0 aliphatic rings. The molecular weight excluding hydrogens is 501 g/mol. The molecule has 4 rings (SSSR count). The lowest BCUT2D eigenvalue weighted by atomic mass is 10.2. The van der Waals surface area contributed by atoms with Gasteiger partial charge in [-0.15, -0.1) is 0 Å².